The normalized spacial score (nSPS) is 11.8. The highest BCUT2D eigenvalue weighted by Gasteiger charge is 2.20. The van der Waals surface area contributed by atoms with E-state index >= 15 is 0 Å². The second-order valence-electron chi connectivity index (χ2n) is 4.68. The first-order valence-electron chi connectivity index (χ1n) is 5.02. The van der Waals surface area contributed by atoms with Crippen LogP contribution in [0.5, 0.6) is 0 Å². The van der Waals surface area contributed by atoms with Crippen molar-refractivity contribution in [1.82, 2.24) is 20.6 Å². The summed E-state index contributed by atoms with van der Waals surface area (Å²) in [4.78, 5) is 0. The summed E-state index contributed by atoms with van der Waals surface area (Å²) in [5.74, 6) is 0.631. The minimum absolute atomic E-state index is 0.0522. The van der Waals surface area contributed by atoms with Crippen LogP contribution in [-0.2, 0) is 5.41 Å². The number of nitrogens with zero attached hydrogens (tertiary/aromatic N) is 3. The first-order chi connectivity index (χ1) is 7.48. The maximum atomic E-state index is 4.03. The number of H-pyrrole nitrogens is 1. The van der Waals surface area contributed by atoms with Crippen LogP contribution < -0.4 is 0 Å². The number of aromatic amines is 1. The van der Waals surface area contributed by atoms with Gasteiger partial charge in [-0.05, 0) is 28.3 Å². The zero-order chi connectivity index (χ0) is 11.8. The number of hydrogen-bond acceptors (Lipinski definition) is 3. The fraction of sp³-hybridized carbons (Fsp3) is 0.364. The zero-order valence-corrected chi connectivity index (χ0v) is 11.0. The predicted octanol–water partition coefficient (Wildman–Crippen LogP) is 2.93. The highest BCUT2D eigenvalue weighted by molar-refractivity contribution is 9.10. The number of nitrogens with one attached hydrogen (secondary N) is 1. The molecule has 0 aliphatic heterocycles. The minimum atomic E-state index is 0.0522. The lowest BCUT2D eigenvalue weighted by Gasteiger charge is -2.21. The maximum Gasteiger partial charge on any atom is 0.204 e. The molecule has 0 saturated heterocycles. The summed E-state index contributed by atoms with van der Waals surface area (Å²) in [5, 5.41) is 14.1. The molecule has 1 aromatic heterocycles. The van der Waals surface area contributed by atoms with E-state index in [-0.39, 0.29) is 5.41 Å². The quantitative estimate of drug-likeness (QED) is 0.874. The Labute approximate surface area is 103 Å². The summed E-state index contributed by atoms with van der Waals surface area (Å²) in [6.07, 6.45) is 0. The van der Waals surface area contributed by atoms with E-state index in [4.69, 9.17) is 0 Å². The van der Waals surface area contributed by atoms with Crippen molar-refractivity contribution in [3.05, 3.63) is 28.2 Å². The molecule has 0 atom stereocenters. The largest absolute Gasteiger partial charge is 0.204 e. The molecule has 2 aromatic rings. The Morgan fingerprint density at radius 1 is 1.25 bits per heavy atom. The van der Waals surface area contributed by atoms with Crippen molar-refractivity contribution in [1.29, 1.82) is 0 Å². The highest BCUT2D eigenvalue weighted by Crippen LogP contribution is 2.32. The summed E-state index contributed by atoms with van der Waals surface area (Å²) in [5.41, 5.74) is 2.27. The summed E-state index contributed by atoms with van der Waals surface area (Å²) >= 11 is 3.46. The van der Waals surface area contributed by atoms with E-state index in [1.54, 1.807) is 0 Å². The monoisotopic (exact) mass is 280 g/mol. The molecule has 2 rings (SSSR count). The second-order valence-corrected chi connectivity index (χ2v) is 5.59. The molecule has 1 N–H and O–H groups in total. The third-order valence-electron chi connectivity index (χ3n) is 2.38. The maximum absolute atomic E-state index is 4.03. The number of benzene rings is 1. The molecule has 16 heavy (non-hydrogen) atoms. The van der Waals surface area contributed by atoms with E-state index in [1.807, 2.05) is 12.1 Å². The fourth-order valence-electron chi connectivity index (χ4n) is 1.63. The van der Waals surface area contributed by atoms with Crippen LogP contribution in [0.3, 0.4) is 0 Å². The van der Waals surface area contributed by atoms with Crippen molar-refractivity contribution in [3.8, 4) is 11.4 Å². The lowest BCUT2D eigenvalue weighted by molar-refractivity contribution is 0.591. The van der Waals surface area contributed by atoms with Crippen LogP contribution in [0.4, 0.5) is 0 Å². The molecule has 0 aliphatic carbocycles. The van der Waals surface area contributed by atoms with Gasteiger partial charge in [-0.1, -0.05) is 42.8 Å². The Balaban J connectivity index is 2.63. The van der Waals surface area contributed by atoms with Gasteiger partial charge in [0, 0.05) is 10.0 Å². The van der Waals surface area contributed by atoms with Crippen LogP contribution in [0.15, 0.2) is 22.7 Å². The Hall–Kier alpha value is -1.23. The van der Waals surface area contributed by atoms with Gasteiger partial charge >= 0.3 is 0 Å². The van der Waals surface area contributed by atoms with Crippen molar-refractivity contribution in [2.45, 2.75) is 26.2 Å². The standard InChI is InChI=1S/C11H13BrN4/c1-11(2,3)9-5-4-7(12)6-8(9)10-13-15-16-14-10/h4-6H,1-3H3,(H,13,14,15,16). The Morgan fingerprint density at radius 3 is 2.56 bits per heavy atom. The third kappa shape index (κ3) is 2.14. The van der Waals surface area contributed by atoms with Gasteiger partial charge in [0.2, 0.25) is 5.82 Å². The summed E-state index contributed by atoms with van der Waals surface area (Å²) in [7, 11) is 0. The van der Waals surface area contributed by atoms with Crippen LogP contribution in [-0.4, -0.2) is 20.6 Å². The van der Waals surface area contributed by atoms with Crippen molar-refractivity contribution >= 4 is 15.9 Å². The van der Waals surface area contributed by atoms with Gasteiger partial charge in [-0.3, -0.25) is 0 Å². The number of aromatic nitrogens is 4. The highest BCUT2D eigenvalue weighted by atomic mass is 79.9. The first kappa shape index (κ1) is 11.3. The first-order valence-corrected chi connectivity index (χ1v) is 5.81. The van der Waals surface area contributed by atoms with Gasteiger partial charge < -0.3 is 0 Å². The van der Waals surface area contributed by atoms with Crippen LogP contribution in [0.2, 0.25) is 0 Å². The Morgan fingerprint density at radius 2 is 2.00 bits per heavy atom. The van der Waals surface area contributed by atoms with Gasteiger partial charge in [-0.2, -0.15) is 5.21 Å². The molecule has 0 spiro atoms. The van der Waals surface area contributed by atoms with Gasteiger partial charge in [-0.15, -0.1) is 10.2 Å². The number of hydrogen-bond donors (Lipinski definition) is 1. The van der Waals surface area contributed by atoms with Crippen molar-refractivity contribution in [2.24, 2.45) is 0 Å². The average molecular weight is 281 g/mol. The topological polar surface area (TPSA) is 54.5 Å². The van der Waals surface area contributed by atoms with Crippen LogP contribution in [0.1, 0.15) is 26.3 Å². The van der Waals surface area contributed by atoms with E-state index in [1.165, 1.54) is 5.56 Å². The summed E-state index contributed by atoms with van der Waals surface area (Å²) < 4.78 is 1.01. The smallest absolute Gasteiger partial charge is 0.177 e. The Bertz CT molecular complexity index is 485. The van der Waals surface area contributed by atoms with Gasteiger partial charge in [0.25, 0.3) is 0 Å². The number of halogens is 1. The van der Waals surface area contributed by atoms with E-state index in [2.05, 4.69) is 63.4 Å². The molecule has 0 fully saturated rings. The van der Waals surface area contributed by atoms with Gasteiger partial charge in [0.05, 0.1) is 0 Å². The average Bonchev–Trinajstić information content (AvgIpc) is 2.68. The molecule has 84 valence electrons. The zero-order valence-electron chi connectivity index (χ0n) is 9.45. The lowest BCUT2D eigenvalue weighted by Crippen LogP contribution is -2.13. The van der Waals surface area contributed by atoms with Gasteiger partial charge in [0.1, 0.15) is 0 Å². The predicted molar refractivity (Wildman–Crippen MR) is 66.0 cm³/mol. The fourth-order valence-corrected chi connectivity index (χ4v) is 1.99. The van der Waals surface area contributed by atoms with Gasteiger partial charge in [-0.25, -0.2) is 0 Å². The molecule has 0 amide bonds. The minimum Gasteiger partial charge on any atom is -0.177 e. The molecular formula is C11H13BrN4. The Kier molecular flexibility index (Phi) is 2.80. The molecule has 5 heteroatoms. The van der Waals surface area contributed by atoms with Crippen molar-refractivity contribution in [3.63, 3.8) is 0 Å². The van der Waals surface area contributed by atoms with E-state index in [9.17, 15) is 0 Å². The molecule has 0 radical (unpaired) electrons. The van der Waals surface area contributed by atoms with E-state index in [0.29, 0.717) is 5.82 Å². The van der Waals surface area contributed by atoms with E-state index < -0.39 is 0 Å². The molecule has 0 bridgehead atoms. The molecule has 1 aromatic carbocycles. The van der Waals surface area contributed by atoms with Crippen LogP contribution in [0, 0.1) is 0 Å². The molecule has 0 unspecified atom stereocenters. The third-order valence-corrected chi connectivity index (χ3v) is 2.87. The second kappa shape index (κ2) is 3.97. The molecule has 0 saturated carbocycles. The molecular weight excluding hydrogens is 268 g/mol. The number of tetrazole rings is 1. The lowest BCUT2D eigenvalue weighted by atomic mass is 9.83. The molecule has 4 nitrogen and oxygen atoms in total. The van der Waals surface area contributed by atoms with Crippen LogP contribution >= 0.6 is 15.9 Å². The summed E-state index contributed by atoms with van der Waals surface area (Å²) in [6, 6.07) is 6.14. The van der Waals surface area contributed by atoms with Gasteiger partial charge in [0.15, 0.2) is 0 Å². The van der Waals surface area contributed by atoms with E-state index in [0.717, 1.165) is 10.0 Å². The SMILES string of the molecule is CC(C)(C)c1ccc(Br)cc1-c1nn[nH]n1. The molecule has 0 aliphatic rings. The van der Waals surface area contributed by atoms with Crippen LogP contribution in [0.25, 0.3) is 11.4 Å². The summed E-state index contributed by atoms with van der Waals surface area (Å²) in [6.45, 7) is 6.50. The number of rotatable bonds is 1. The van der Waals surface area contributed by atoms with Crippen molar-refractivity contribution in [2.75, 3.05) is 0 Å². The van der Waals surface area contributed by atoms with Crippen molar-refractivity contribution < 1.29 is 0 Å². The molecule has 1 heterocycles.